The van der Waals surface area contributed by atoms with Crippen LogP contribution in [0.15, 0.2) is 35.5 Å². The number of hydrogen-bond acceptors (Lipinski definition) is 4. The van der Waals surface area contributed by atoms with Gasteiger partial charge in [0.25, 0.3) is 16.4 Å². The van der Waals surface area contributed by atoms with Crippen LogP contribution in [0.3, 0.4) is 0 Å². The summed E-state index contributed by atoms with van der Waals surface area (Å²) in [7, 11) is -3.87. The number of ether oxygens (including phenoxy) is 1. The van der Waals surface area contributed by atoms with Crippen molar-refractivity contribution in [3.63, 3.8) is 0 Å². The smallest absolute Gasteiger partial charge is 0.265 e. The van der Waals surface area contributed by atoms with Gasteiger partial charge in [0.2, 0.25) is 0 Å². The first kappa shape index (κ1) is 15.7. The van der Waals surface area contributed by atoms with Crippen LogP contribution in [0.5, 0.6) is 5.75 Å². The first-order chi connectivity index (χ1) is 10.9. The van der Waals surface area contributed by atoms with E-state index >= 15 is 0 Å². The number of anilines is 1. The Morgan fingerprint density at radius 2 is 2.22 bits per heavy atom. The summed E-state index contributed by atoms with van der Waals surface area (Å²) in [5, 5.41) is 3.63. The molecule has 0 spiro atoms. The molecule has 6 nitrogen and oxygen atoms in total. The lowest BCUT2D eigenvalue weighted by molar-refractivity contribution is 0.121. The first-order valence-corrected chi connectivity index (χ1v) is 8.51. The van der Waals surface area contributed by atoms with E-state index in [4.69, 9.17) is 4.74 Å². The fourth-order valence-corrected chi connectivity index (χ4v) is 3.36. The standard InChI is InChI=1S/C14H15F2N3O3S/c15-14(16)9-19-8-12(7-17-19)23(20,21)18-11-3-4-13-10(6-11)2-1-5-22-13/h3-4,6-8,14,18H,1-2,5,9H2. The van der Waals surface area contributed by atoms with Gasteiger partial charge < -0.3 is 4.74 Å². The summed E-state index contributed by atoms with van der Waals surface area (Å²) in [6, 6.07) is 5.04. The highest BCUT2D eigenvalue weighted by atomic mass is 32.2. The molecule has 0 saturated carbocycles. The number of halogens is 2. The number of sulfonamides is 1. The topological polar surface area (TPSA) is 73.2 Å². The molecule has 0 saturated heterocycles. The Morgan fingerprint density at radius 3 is 3.00 bits per heavy atom. The van der Waals surface area contributed by atoms with Crippen LogP contribution < -0.4 is 9.46 Å². The summed E-state index contributed by atoms with van der Waals surface area (Å²) in [5.74, 6) is 0.754. The summed E-state index contributed by atoms with van der Waals surface area (Å²) >= 11 is 0. The molecule has 0 radical (unpaired) electrons. The predicted molar refractivity (Wildman–Crippen MR) is 79.3 cm³/mol. The van der Waals surface area contributed by atoms with E-state index in [0.717, 1.165) is 41.2 Å². The third kappa shape index (κ3) is 3.61. The second-order valence-corrected chi connectivity index (χ2v) is 6.85. The highest BCUT2D eigenvalue weighted by molar-refractivity contribution is 7.92. The Morgan fingerprint density at radius 1 is 1.39 bits per heavy atom. The number of aromatic nitrogens is 2. The summed E-state index contributed by atoms with van der Waals surface area (Å²) < 4.78 is 58.0. The lowest BCUT2D eigenvalue weighted by Gasteiger charge is -2.18. The lowest BCUT2D eigenvalue weighted by Crippen LogP contribution is -2.14. The van der Waals surface area contributed by atoms with Gasteiger partial charge in [-0.15, -0.1) is 0 Å². The Bertz CT molecular complexity index is 805. The lowest BCUT2D eigenvalue weighted by atomic mass is 10.1. The van der Waals surface area contributed by atoms with E-state index in [-0.39, 0.29) is 4.90 Å². The fraction of sp³-hybridized carbons (Fsp3) is 0.357. The number of aryl methyl sites for hydroxylation is 1. The van der Waals surface area contributed by atoms with E-state index in [0.29, 0.717) is 12.3 Å². The zero-order chi connectivity index (χ0) is 16.4. The maximum Gasteiger partial charge on any atom is 0.265 e. The summed E-state index contributed by atoms with van der Waals surface area (Å²) in [4.78, 5) is -0.160. The van der Waals surface area contributed by atoms with Gasteiger partial charge in [0.05, 0.1) is 12.8 Å². The minimum atomic E-state index is -3.87. The van der Waals surface area contributed by atoms with Gasteiger partial charge in [-0.1, -0.05) is 0 Å². The average Bonchev–Trinajstić information content (AvgIpc) is 2.95. The van der Waals surface area contributed by atoms with E-state index in [1.165, 1.54) is 0 Å². The molecular formula is C14H15F2N3O3S. The molecule has 2 aromatic rings. The number of fused-ring (bicyclic) bond motifs is 1. The summed E-state index contributed by atoms with van der Waals surface area (Å²) in [5.41, 5.74) is 1.33. The Balaban J connectivity index is 1.79. The number of benzene rings is 1. The molecule has 0 bridgehead atoms. The largest absolute Gasteiger partial charge is 0.493 e. The molecule has 1 aromatic carbocycles. The van der Waals surface area contributed by atoms with Gasteiger partial charge in [0.15, 0.2) is 0 Å². The molecule has 0 unspecified atom stereocenters. The molecule has 0 amide bonds. The third-order valence-corrected chi connectivity index (χ3v) is 4.74. The van der Waals surface area contributed by atoms with Crippen molar-refractivity contribution < 1.29 is 21.9 Å². The van der Waals surface area contributed by atoms with Crippen LogP contribution in [-0.2, 0) is 23.0 Å². The van der Waals surface area contributed by atoms with E-state index in [1.54, 1.807) is 18.2 Å². The predicted octanol–water partition coefficient (Wildman–Crippen LogP) is 2.27. The zero-order valence-electron chi connectivity index (χ0n) is 12.1. The SMILES string of the molecule is O=S(=O)(Nc1ccc2c(c1)CCCO2)c1cnn(CC(F)F)c1. The molecule has 0 fully saturated rings. The van der Waals surface area contributed by atoms with Crippen molar-refractivity contribution in [3.8, 4) is 5.75 Å². The molecule has 23 heavy (non-hydrogen) atoms. The van der Waals surface area contributed by atoms with Gasteiger partial charge in [0.1, 0.15) is 17.2 Å². The van der Waals surface area contributed by atoms with Crippen LogP contribution in [0.2, 0.25) is 0 Å². The fourth-order valence-electron chi connectivity index (χ4n) is 2.36. The van der Waals surface area contributed by atoms with Gasteiger partial charge >= 0.3 is 0 Å². The molecule has 1 N–H and O–H groups in total. The quantitative estimate of drug-likeness (QED) is 0.904. The van der Waals surface area contributed by atoms with Crippen molar-refractivity contribution in [3.05, 3.63) is 36.2 Å². The van der Waals surface area contributed by atoms with Gasteiger partial charge in [-0.25, -0.2) is 17.2 Å². The number of rotatable bonds is 5. The van der Waals surface area contributed by atoms with Crippen LogP contribution in [-0.4, -0.2) is 31.2 Å². The van der Waals surface area contributed by atoms with Gasteiger partial charge in [0, 0.05) is 11.9 Å². The monoisotopic (exact) mass is 343 g/mol. The summed E-state index contributed by atoms with van der Waals surface area (Å²) in [6.45, 7) is 0.00704. The van der Waals surface area contributed by atoms with E-state index in [2.05, 4.69) is 9.82 Å². The summed E-state index contributed by atoms with van der Waals surface area (Å²) in [6.07, 6.45) is 1.22. The van der Waals surface area contributed by atoms with E-state index in [9.17, 15) is 17.2 Å². The number of nitrogens with one attached hydrogen (secondary N) is 1. The average molecular weight is 343 g/mol. The number of nitrogens with zero attached hydrogens (tertiary/aromatic N) is 2. The molecule has 3 rings (SSSR count). The van der Waals surface area contributed by atoms with E-state index < -0.39 is 23.0 Å². The molecule has 1 aliphatic heterocycles. The van der Waals surface area contributed by atoms with Crippen LogP contribution >= 0.6 is 0 Å². The Hall–Kier alpha value is -2.16. The molecule has 1 aliphatic rings. The van der Waals surface area contributed by atoms with Crippen LogP contribution in [0.4, 0.5) is 14.5 Å². The van der Waals surface area contributed by atoms with Crippen LogP contribution in [0, 0.1) is 0 Å². The van der Waals surface area contributed by atoms with Gasteiger partial charge in [-0.05, 0) is 36.6 Å². The minimum absolute atomic E-state index is 0.160. The Kier molecular flexibility index (Phi) is 4.20. The zero-order valence-corrected chi connectivity index (χ0v) is 12.9. The minimum Gasteiger partial charge on any atom is -0.493 e. The number of alkyl halides is 2. The molecule has 9 heteroatoms. The van der Waals surface area contributed by atoms with Gasteiger partial charge in [-0.2, -0.15) is 5.10 Å². The van der Waals surface area contributed by atoms with Gasteiger partial charge in [-0.3, -0.25) is 9.40 Å². The molecule has 124 valence electrons. The van der Waals surface area contributed by atoms with Crippen molar-refractivity contribution in [2.24, 2.45) is 0 Å². The second-order valence-electron chi connectivity index (χ2n) is 5.17. The van der Waals surface area contributed by atoms with Crippen LogP contribution in [0.25, 0.3) is 0 Å². The number of hydrogen-bond donors (Lipinski definition) is 1. The van der Waals surface area contributed by atoms with Crippen molar-refractivity contribution in [1.82, 2.24) is 9.78 Å². The molecule has 0 aliphatic carbocycles. The first-order valence-electron chi connectivity index (χ1n) is 7.03. The molecule has 0 atom stereocenters. The van der Waals surface area contributed by atoms with E-state index in [1.807, 2.05) is 0 Å². The highest BCUT2D eigenvalue weighted by Crippen LogP contribution is 2.28. The molecule has 1 aromatic heterocycles. The van der Waals surface area contributed by atoms with Crippen molar-refractivity contribution >= 4 is 15.7 Å². The normalized spacial score (nSPS) is 14.4. The third-order valence-electron chi connectivity index (χ3n) is 3.41. The van der Waals surface area contributed by atoms with Crippen LogP contribution in [0.1, 0.15) is 12.0 Å². The highest BCUT2D eigenvalue weighted by Gasteiger charge is 2.19. The maximum atomic E-state index is 12.3. The van der Waals surface area contributed by atoms with Crippen molar-refractivity contribution in [2.75, 3.05) is 11.3 Å². The maximum absolute atomic E-state index is 12.3. The Labute approximate surface area is 132 Å². The second kappa shape index (κ2) is 6.15. The van der Waals surface area contributed by atoms with Crippen molar-refractivity contribution in [2.45, 2.75) is 30.7 Å². The molecule has 2 heterocycles. The molecular weight excluding hydrogens is 328 g/mol. The van der Waals surface area contributed by atoms with Crippen molar-refractivity contribution in [1.29, 1.82) is 0 Å².